The summed E-state index contributed by atoms with van der Waals surface area (Å²) >= 11 is 0. The van der Waals surface area contributed by atoms with Crippen molar-refractivity contribution in [1.82, 2.24) is 15.2 Å². The van der Waals surface area contributed by atoms with Crippen molar-refractivity contribution in [2.45, 2.75) is 33.1 Å². The van der Waals surface area contributed by atoms with Crippen LogP contribution in [0.4, 0.5) is 0 Å². The van der Waals surface area contributed by atoms with Crippen LogP contribution in [-0.4, -0.2) is 47.9 Å². The van der Waals surface area contributed by atoms with E-state index in [1.807, 2.05) is 49.1 Å². The van der Waals surface area contributed by atoms with Crippen LogP contribution in [0.5, 0.6) is 5.75 Å². The fraction of sp³-hybridized carbons (Fsp3) is 0.435. The second-order valence-electron chi connectivity index (χ2n) is 7.72. The van der Waals surface area contributed by atoms with Crippen molar-refractivity contribution in [2.24, 2.45) is 5.92 Å². The van der Waals surface area contributed by atoms with E-state index in [0.29, 0.717) is 19.5 Å². The molecule has 1 N–H and O–H groups in total. The van der Waals surface area contributed by atoms with Gasteiger partial charge >= 0.3 is 0 Å². The van der Waals surface area contributed by atoms with Crippen LogP contribution in [0.3, 0.4) is 0 Å². The van der Waals surface area contributed by atoms with Gasteiger partial charge in [-0.05, 0) is 67.5 Å². The standard InChI is InChI=1S/C23H29N3O3/c1-17-7-8-21(11-18(17)2)29-16-23(28)26-10-4-6-20(15-26)14-25-22(27)12-19-5-3-9-24-13-19/h3,5,7-9,11,13,20H,4,6,10,12,14-16H2,1-2H3,(H,25,27). The summed E-state index contributed by atoms with van der Waals surface area (Å²) in [6.07, 6.45) is 5.68. The molecule has 2 amide bonds. The summed E-state index contributed by atoms with van der Waals surface area (Å²) < 4.78 is 5.69. The Morgan fingerprint density at radius 1 is 1.24 bits per heavy atom. The van der Waals surface area contributed by atoms with Gasteiger partial charge in [0, 0.05) is 32.0 Å². The molecular weight excluding hydrogens is 366 g/mol. The topological polar surface area (TPSA) is 71.5 Å². The average molecular weight is 396 g/mol. The van der Waals surface area contributed by atoms with Gasteiger partial charge < -0.3 is 15.0 Å². The van der Waals surface area contributed by atoms with Crippen LogP contribution in [0.15, 0.2) is 42.7 Å². The van der Waals surface area contributed by atoms with Crippen LogP contribution < -0.4 is 10.1 Å². The van der Waals surface area contributed by atoms with Gasteiger partial charge in [-0.25, -0.2) is 0 Å². The first-order valence-corrected chi connectivity index (χ1v) is 10.1. The molecule has 2 aromatic rings. The Hall–Kier alpha value is -2.89. The minimum atomic E-state index is -0.0143. The van der Waals surface area contributed by atoms with Crippen molar-refractivity contribution in [3.05, 3.63) is 59.4 Å². The summed E-state index contributed by atoms with van der Waals surface area (Å²) in [6, 6.07) is 9.57. The Morgan fingerprint density at radius 2 is 2.10 bits per heavy atom. The van der Waals surface area contributed by atoms with Crippen LogP contribution in [-0.2, 0) is 16.0 Å². The molecule has 1 aromatic heterocycles. The number of pyridine rings is 1. The number of amides is 2. The third kappa shape index (κ3) is 6.31. The van der Waals surface area contributed by atoms with Crippen molar-refractivity contribution < 1.29 is 14.3 Å². The fourth-order valence-corrected chi connectivity index (χ4v) is 3.51. The molecule has 0 radical (unpaired) electrons. The lowest BCUT2D eigenvalue weighted by Gasteiger charge is -2.32. The molecule has 0 spiro atoms. The molecule has 6 nitrogen and oxygen atoms in total. The van der Waals surface area contributed by atoms with Gasteiger partial charge in [0.05, 0.1) is 6.42 Å². The van der Waals surface area contributed by atoms with Gasteiger partial charge in [0.1, 0.15) is 5.75 Å². The monoisotopic (exact) mass is 395 g/mol. The van der Waals surface area contributed by atoms with Crippen molar-refractivity contribution in [2.75, 3.05) is 26.2 Å². The number of aryl methyl sites for hydroxylation is 2. The highest BCUT2D eigenvalue weighted by Gasteiger charge is 2.24. The SMILES string of the molecule is Cc1ccc(OCC(=O)N2CCCC(CNC(=O)Cc3cccnc3)C2)cc1C. The summed E-state index contributed by atoms with van der Waals surface area (Å²) in [5.41, 5.74) is 3.25. The lowest BCUT2D eigenvalue weighted by molar-refractivity contribution is -0.135. The zero-order valence-corrected chi connectivity index (χ0v) is 17.2. The third-order valence-corrected chi connectivity index (χ3v) is 5.39. The lowest BCUT2D eigenvalue weighted by atomic mass is 9.98. The van der Waals surface area contributed by atoms with Gasteiger partial charge in [-0.1, -0.05) is 12.1 Å². The number of rotatable bonds is 7. The molecule has 1 aliphatic rings. The maximum Gasteiger partial charge on any atom is 0.260 e. The maximum absolute atomic E-state index is 12.6. The molecule has 29 heavy (non-hydrogen) atoms. The highest BCUT2D eigenvalue weighted by molar-refractivity contribution is 5.79. The number of aromatic nitrogens is 1. The van der Waals surface area contributed by atoms with E-state index in [2.05, 4.69) is 10.3 Å². The Kier molecular flexibility index (Phi) is 7.22. The highest BCUT2D eigenvalue weighted by Crippen LogP contribution is 2.18. The predicted molar refractivity (Wildman–Crippen MR) is 112 cm³/mol. The number of likely N-dealkylation sites (tertiary alicyclic amines) is 1. The summed E-state index contributed by atoms with van der Waals surface area (Å²) in [6.45, 7) is 6.11. The molecule has 2 heterocycles. The molecule has 0 bridgehead atoms. The second kappa shape index (κ2) is 10.0. The van der Waals surface area contributed by atoms with Crippen molar-refractivity contribution >= 4 is 11.8 Å². The fourth-order valence-electron chi connectivity index (χ4n) is 3.51. The quantitative estimate of drug-likeness (QED) is 0.782. The van der Waals surface area contributed by atoms with E-state index in [1.54, 1.807) is 12.4 Å². The number of carbonyl (C=O) groups excluding carboxylic acids is 2. The van der Waals surface area contributed by atoms with Gasteiger partial charge in [0.15, 0.2) is 6.61 Å². The van der Waals surface area contributed by atoms with Crippen LogP contribution in [0.25, 0.3) is 0 Å². The molecule has 1 fully saturated rings. The molecule has 0 aliphatic carbocycles. The molecule has 1 aromatic carbocycles. The average Bonchev–Trinajstić information content (AvgIpc) is 2.74. The minimum absolute atomic E-state index is 0.00499. The van der Waals surface area contributed by atoms with Gasteiger partial charge in [0.2, 0.25) is 5.91 Å². The summed E-state index contributed by atoms with van der Waals surface area (Å²) in [4.78, 5) is 30.6. The van der Waals surface area contributed by atoms with E-state index in [9.17, 15) is 9.59 Å². The lowest BCUT2D eigenvalue weighted by Crippen LogP contribution is -2.45. The normalized spacial score (nSPS) is 16.3. The molecule has 154 valence electrons. The van der Waals surface area contributed by atoms with Crippen LogP contribution in [0, 0.1) is 19.8 Å². The van der Waals surface area contributed by atoms with E-state index >= 15 is 0 Å². The van der Waals surface area contributed by atoms with Crippen molar-refractivity contribution in [1.29, 1.82) is 0 Å². The van der Waals surface area contributed by atoms with Gasteiger partial charge in [-0.3, -0.25) is 14.6 Å². The summed E-state index contributed by atoms with van der Waals surface area (Å²) in [5.74, 6) is 0.971. The van der Waals surface area contributed by atoms with Crippen LogP contribution >= 0.6 is 0 Å². The van der Waals surface area contributed by atoms with Crippen LogP contribution in [0.2, 0.25) is 0 Å². The number of hydrogen-bond acceptors (Lipinski definition) is 4. The van der Waals surface area contributed by atoms with E-state index in [-0.39, 0.29) is 24.3 Å². The number of carbonyl (C=O) groups is 2. The van der Waals surface area contributed by atoms with E-state index < -0.39 is 0 Å². The minimum Gasteiger partial charge on any atom is -0.484 e. The third-order valence-electron chi connectivity index (χ3n) is 5.39. The first-order valence-electron chi connectivity index (χ1n) is 10.1. The molecule has 1 atom stereocenters. The van der Waals surface area contributed by atoms with Gasteiger partial charge in [0.25, 0.3) is 5.91 Å². The molecule has 1 saturated heterocycles. The second-order valence-corrected chi connectivity index (χ2v) is 7.72. The van der Waals surface area contributed by atoms with Crippen molar-refractivity contribution in [3.8, 4) is 5.75 Å². The first kappa shape index (κ1) is 20.8. The number of benzene rings is 1. The number of nitrogens with one attached hydrogen (secondary N) is 1. The molecular formula is C23H29N3O3. The van der Waals surface area contributed by atoms with Crippen LogP contribution in [0.1, 0.15) is 29.5 Å². The first-order chi connectivity index (χ1) is 14.0. The molecule has 0 saturated carbocycles. The Balaban J connectivity index is 1.42. The molecule has 6 heteroatoms. The highest BCUT2D eigenvalue weighted by atomic mass is 16.5. The van der Waals surface area contributed by atoms with Gasteiger partial charge in [-0.15, -0.1) is 0 Å². The van der Waals surface area contributed by atoms with E-state index in [0.717, 1.165) is 36.3 Å². The number of ether oxygens (including phenoxy) is 1. The van der Waals surface area contributed by atoms with E-state index in [4.69, 9.17) is 4.74 Å². The number of nitrogens with zero attached hydrogens (tertiary/aromatic N) is 2. The summed E-state index contributed by atoms with van der Waals surface area (Å²) in [7, 11) is 0. The predicted octanol–water partition coefficient (Wildman–Crippen LogP) is 2.67. The van der Waals surface area contributed by atoms with Crippen molar-refractivity contribution in [3.63, 3.8) is 0 Å². The smallest absolute Gasteiger partial charge is 0.260 e. The zero-order chi connectivity index (χ0) is 20.6. The van der Waals surface area contributed by atoms with Gasteiger partial charge in [-0.2, -0.15) is 0 Å². The largest absolute Gasteiger partial charge is 0.484 e. The Bertz CT molecular complexity index is 839. The molecule has 1 aliphatic heterocycles. The molecule has 3 rings (SSSR count). The Morgan fingerprint density at radius 3 is 2.86 bits per heavy atom. The zero-order valence-electron chi connectivity index (χ0n) is 17.2. The molecule has 1 unspecified atom stereocenters. The van der Waals surface area contributed by atoms with E-state index in [1.165, 1.54) is 5.56 Å². The maximum atomic E-state index is 12.6. The summed E-state index contributed by atoms with van der Waals surface area (Å²) in [5, 5.41) is 2.99. The Labute approximate surface area is 172 Å². The number of piperidine rings is 1. The number of hydrogen-bond donors (Lipinski definition) is 1.